The topological polar surface area (TPSA) is 58.7 Å². The Bertz CT molecular complexity index is 427. The highest BCUT2D eigenvalue weighted by Crippen LogP contribution is 2.24. The molecule has 0 aromatic heterocycles. The van der Waals surface area contributed by atoms with Gasteiger partial charge in [-0.15, -0.1) is 0 Å². The van der Waals surface area contributed by atoms with E-state index < -0.39 is 6.04 Å². The maximum absolute atomic E-state index is 12.7. The summed E-state index contributed by atoms with van der Waals surface area (Å²) < 4.78 is 12.7. The summed E-state index contributed by atoms with van der Waals surface area (Å²) in [4.78, 5) is 16.9. The summed E-state index contributed by atoms with van der Waals surface area (Å²) in [6.45, 7) is 0. The average Bonchev–Trinajstić information content (AvgIpc) is 2.47. The lowest BCUT2D eigenvalue weighted by atomic mass is 10.1. The molecule has 15 heavy (non-hydrogen) atoms. The summed E-state index contributed by atoms with van der Waals surface area (Å²) in [5, 5.41) is 0. The summed E-state index contributed by atoms with van der Waals surface area (Å²) >= 11 is 0. The highest BCUT2D eigenvalue weighted by molar-refractivity contribution is 6.04. The maximum atomic E-state index is 12.7. The van der Waals surface area contributed by atoms with Gasteiger partial charge in [-0.25, -0.2) is 9.38 Å². The van der Waals surface area contributed by atoms with Crippen molar-refractivity contribution in [3.8, 4) is 0 Å². The van der Waals surface area contributed by atoms with E-state index in [2.05, 4.69) is 4.99 Å². The molecule has 1 aromatic rings. The van der Waals surface area contributed by atoms with E-state index in [1.165, 1.54) is 29.2 Å². The van der Waals surface area contributed by atoms with Gasteiger partial charge in [-0.1, -0.05) is 12.1 Å². The number of halogens is 1. The van der Waals surface area contributed by atoms with Crippen LogP contribution >= 0.6 is 0 Å². The monoisotopic (exact) mass is 207 g/mol. The predicted octanol–water partition coefficient (Wildman–Crippen LogP) is 0.654. The molecule has 1 aromatic carbocycles. The summed E-state index contributed by atoms with van der Waals surface area (Å²) in [6, 6.07) is 5.04. The van der Waals surface area contributed by atoms with Crippen molar-refractivity contribution >= 4 is 11.9 Å². The molecular formula is C10H10FN3O. The Kier molecular flexibility index (Phi) is 2.15. The molecule has 5 heteroatoms. The van der Waals surface area contributed by atoms with Crippen molar-refractivity contribution in [1.29, 1.82) is 0 Å². The first kappa shape index (κ1) is 9.64. The molecule has 2 N–H and O–H groups in total. The highest BCUT2D eigenvalue weighted by Gasteiger charge is 2.31. The number of aliphatic imine (C=N–C) groups is 1. The van der Waals surface area contributed by atoms with Crippen LogP contribution in [0.4, 0.5) is 4.39 Å². The van der Waals surface area contributed by atoms with Crippen LogP contribution in [0.1, 0.15) is 11.6 Å². The van der Waals surface area contributed by atoms with Crippen LogP contribution in [-0.2, 0) is 4.79 Å². The molecule has 1 atom stereocenters. The number of guanidine groups is 1. The number of hydrogen-bond donors (Lipinski definition) is 1. The zero-order valence-corrected chi connectivity index (χ0v) is 8.14. The van der Waals surface area contributed by atoms with E-state index >= 15 is 0 Å². The fourth-order valence-corrected chi connectivity index (χ4v) is 1.43. The molecule has 0 bridgehead atoms. The molecule has 1 amide bonds. The minimum absolute atomic E-state index is 0.189. The van der Waals surface area contributed by atoms with Gasteiger partial charge in [0.1, 0.15) is 5.82 Å². The number of carbonyl (C=O) groups is 1. The average molecular weight is 207 g/mol. The fraction of sp³-hybridized carbons (Fsp3) is 0.200. The lowest BCUT2D eigenvalue weighted by molar-refractivity contribution is -0.126. The normalized spacial score (nSPS) is 20.7. The predicted molar refractivity (Wildman–Crippen MR) is 53.5 cm³/mol. The summed E-state index contributed by atoms with van der Waals surface area (Å²) in [6.07, 6.45) is 0. The van der Waals surface area contributed by atoms with Crippen molar-refractivity contribution in [2.45, 2.75) is 6.04 Å². The first-order valence-corrected chi connectivity index (χ1v) is 4.46. The van der Waals surface area contributed by atoms with Gasteiger partial charge in [0.2, 0.25) is 0 Å². The van der Waals surface area contributed by atoms with Crippen LogP contribution in [0.2, 0.25) is 0 Å². The zero-order chi connectivity index (χ0) is 11.0. The van der Waals surface area contributed by atoms with Gasteiger partial charge in [-0.05, 0) is 17.7 Å². The number of likely N-dealkylation sites (N-methyl/N-ethyl adjacent to an activating group) is 1. The van der Waals surface area contributed by atoms with E-state index in [1.54, 1.807) is 7.05 Å². The Morgan fingerprint density at radius 2 is 2.00 bits per heavy atom. The smallest absolute Gasteiger partial charge is 0.258 e. The second kappa shape index (κ2) is 3.34. The first-order valence-electron chi connectivity index (χ1n) is 4.46. The Labute approximate surface area is 86.2 Å². The van der Waals surface area contributed by atoms with Gasteiger partial charge in [-0.3, -0.25) is 9.69 Å². The van der Waals surface area contributed by atoms with E-state index in [1.807, 2.05) is 0 Å². The summed E-state index contributed by atoms with van der Waals surface area (Å²) in [5.74, 6) is -0.345. The summed E-state index contributed by atoms with van der Waals surface area (Å²) in [5.41, 5.74) is 6.15. The van der Waals surface area contributed by atoms with E-state index in [9.17, 15) is 9.18 Å². The molecule has 0 unspecified atom stereocenters. The molecule has 2 rings (SSSR count). The highest BCUT2D eigenvalue weighted by atomic mass is 19.1. The molecule has 0 saturated carbocycles. The first-order chi connectivity index (χ1) is 7.09. The number of carbonyl (C=O) groups excluding carboxylic acids is 1. The Morgan fingerprint density at radius 3 is 2.47 bits per heavy atom. The molecule has 1 aliphatic heterocycles. The quantitative estimate of drug-likeness (QED) is 0.735. The van der Waals surface area contributed by atoms with E-state index in [-0.39, 0.29) is 17.7 Å². The summed E-state index contributed by atoms with van der Waals surface area (Å²) in [7, 11) is 1.56. The number of nitrogens with two attached hydrogens (primary N) is 1. The van der Waals surface area contributed by atoms with E-state index in [0.29, 0.717) is 5.56 Å². The Hall–Kier alpha value is -1.91. The molecule has 0 radical (unpaired) electrons. The number of amides is 1. The molecule has 0 spiro atoms. The van der Waals surface area contributed by atoms with Gasteiger partial charge in [-0.2, -0.15) is 0 Å². The zero-order valence-electron chi connectivity index (χ0n) is 8.14. The second-order valence-corrected chi connectivity index (χ2v) is 3.34. The third kappa shape index (κ3) is 1.56. The molecule has 0 aliphatic carbocycles. The molecule has 4 nitrogen and oxygen atoms in total. The van der Waals surface area contributed by atoms with Crippen molar-refractivity contribution in [3.63, 3.8) is 0 Å². The molecular weight excluding hydrogens is 197 g/mol. The number of benzene rings is 1. The van der Waals surface area contributed by atoms with Gasteiger partial charge in [0, 0.05) is 7.05 Å². The van der Waals surface area contributed by atoms with Crippen LogP contribution in [0.5, 0.6) is 0 Å². The number of rotatable bonds is 1. The lowest BCUT2D eigenvalue weighted by Gasteiger charge is -2.09. The Balaban J connectivity index is 2.33. The van der Waals surface area contributed by atoms with Gasteiger partial charge < -0.3 is 5.73 Å². The molecule has 0 fully saturated rings. The van der Waals surface area contributed by atoms with E-state index in [4.69, 9.17) is 5.73 Å². The number of hydrogen-bond acceptors (Lipinski definition) is 3. The van der Waals surface area contributed by atoms with E-state index in [0.717, 1.165) is 0 Å². The molecule has 1 heterocycles. The van der Waals surface area contributed by atoms with Crippen molar-refractivity contribution in [2.24, 2.45) is 10.7 Å². The van der Waals surface area contributed by atoms with Gasteiger partial charge in [0.05, 0.1) is 0 Å². The Morgan fingerprint density at radius 1 is 1.40 bits per heavy atom. The second-order valence-electron chi connectivity index (χ2n) is 3.34. The SMILES string of the molecule is CN1C(=O)[C@@H](c2ccc(F)cc2)N=C1N. The van der Waals surface area contributed by atoms with Crippen LogP contribution in [0.15, 0.2) is 29.3 Å². The van der Waals surface area contributed by atoms with Crippen LogP contribution in [0, 0.1) is 5.82 Å². The molecule has 0 saturated heterocycles. The van der Waals surface area contributed by atoms with Gasteiger partial charge in [0.25, 0.3) is 5.91 Å². The van der Waals surface area contributed by atoms with Crippen LogP contribution in [0.25, 0.3) is 0 Å². The van der Waals surface area contributed by atoms with Gasteiger partial charge in [0.15, 0.2) is 12.0 Å². The van der Waals surface area contributed by atoms with Crippen LogP contribution < -0.4 is 5.73 Å². The third-order valence-electron chi connectivity index (χ3n) is 2.36. The van der Waals surface area contributed by atoms with Crippen molar-refractivity contribution < 1.29 is 9.18 Å². The standard InChI is InChI=1S/C10H10FN3O/c1-14-9(15)8(13-10(14)12)6-2-4-7(11)5-3-6/h2-5,8H,1H3,(H2,12,13)/t8-/m1/s1. The minimum Gasteiger partial charge on any atom is -0.369 e. The minimum atomic E-state index is -0.629. The van der Waals surface area contributed by atoms with Crippen LogP contribution in [0.3, 0.4) is 0 Å². The maximum Gasteiger partial charge on any atom is 0.258 e. The van der Waals surface area contributed by atoms with Crippen LogP contribution in [-0.4, -0.2) is 23.8 Å². The molecule has 1 aliphatic rings. The largest absolute Gasteiger partial charge is 0.369 e. The fourth-order valence-electron chi connectivity index (χ4n) is 1.43. The third-order valence-corrected chi connectivity index (χ3v) is 2.36. The lowest BCUT2D eigenvalue weighted by Crippen LogP contribution is -2.34. The van der Waals surface area contributed by atoms with Crippen molar-refractivity contribution in [2.75, 3.05) is 7.05 Å². The molecule has 78 valence electrons. The van der Waals surface area contributed by atoms with Crippen molar-refractivity contribution in [3.05, 3.63) is 35.6 Å². The number of nitrogens with zero attached hydrogens (tertiary/aromatic N) is 2. The van der Waals surface area contributed by atoms with Crippen molar-refractivity contribution in [1.82, 2.24) is 4.90 Å². The van der Waals surface area contributed by atoms with Gasteiger partial charge >= 0.3 is 0 Å².